The van der Waals surface area contributed by atoms with Crippen LogP contribution in [0.15, 0.2) is 250 Å². The number of thiazole rings is 2. The monoisotopic (exact) mass is 2190 g/mol. The van der Waals surface area contributed by atoms with Gasteiger partial charge in [0, 0.05) is 93.5 Å². The third-order valence-corrected chi connectivity index (χ3v) is 22.7. The quantitative estimate of drug-likeness (QED) is 0.0252. The van der Waals surface area contributed by atoms with Crippen molar-refractivity contribution in [3.63, 3.8) is 0 Å². The number of carbonyl (C=O) groups is 2. The van der Waals surface area contributed by atoms with E-state index in [0.717, 1.165) is 70.7 Å². The van der Waals surface area contributed by atoms with Crippen LogP contribution in [0.3, 0.4) is 0 Å². The molecular formula is C83H89Cl6I4N5O4S8. The Kier molecular flexibility index (Phi) is 59.0. The van der Waals surface area contributed by atoms with Gasteiger partial charge in [0.15, 0.2) is 0 Å². The van der Waals surface area contributed by atoms with Crippen LogP contribution >= 0.6 is 242 Å². The summed E-state index contributed by atoms with van der Waals surface area (Å²) in [6.07, 6.45) is 12.0. The van der Waals surface area contributed by atoms with Gasteiger partial charge in [0.05, 0.1) is 22.4 Å². The van der Waals surface area contributed by atoms with Gasteiger partial charge in [-0.25, -0.2) is 9.97 Å². The number of anilines is 3. The van der Waals surface area contributed by atoms with Crippen LogP contribution in [0.2, 0.25) is 25.1 Å². The maximum Gasteiger partial charge on any atom is 0.335 e. The van der Waals surface area contributed by atoms with Crippen molar-refractivity contribution in [2.75, 3.05) is 45.8 Å². The molecule has 588 valence electrons. The van der Waals surface area contributed by atoms with Crippen LogP contribution < -0.4 is 16.4 Å². The Labute approximate surface area is 770 Å². The van der Waals surface area contributed by atoms with E-state index in [9.17, 15) is 9.59 Å². The van der Waals surface area contributed by atoms with E-state index in [-0.39, 0.29) is 13.3 Å². The molecule has 0 aliphatic carbocycles. The number of thiocarbonyl (C=S) groups is 1. The minimum absolute atomic E-state index is 0. The molecule has 110 heavy (non-hydrogen) atoms. The van der Waals surface area contributed by atoms with Crippen LogP contribution in [-0.2, 0) is 11.6 Å². The summed E-state index contributed by atoms with van der Waals surface area (Å²) in [5.41, 5.74) is 15.7. The number of aromatic nitrogens is 2. The predicted octanol–water partition coefficient (Wildman–Crippen LogP) is 31.8. The number of nitrogens with one attached hydrogen (secondary N) is 2. The number of hydrogen-bond acceptors (Lipinski definition) is 14. The van der Waals surface area contributed by atoms with Gasteiger partial charge >= 0.3 is 11.6 Å². The molecule has 27 heteroatoms. The maximum absolute atomic E-state index is 11.9. The Balaban J connectivity index is 0.000000636. The molecule has 9 nitrogen and oxygen atoms in total. The molecule has 1 amide bonds. The van der Waals surface area contributed by atoms with Gasteiger partial charge in [0.25, 0.3) is 11.1 Å². The Morgan fingerprint density at radius 1 is 0.491 bits per heavy atom. The van der Waals surface area contributed by atoms with Gasteiger partial charge < -0.3 is 16.4 Å². The topological polar surface area (TPSA) is 144 Å². The van der Waals surface area contributed by atoms with Crippen molar-refractivity contribution >= 4 is 307 Å². The molecule has 0 unspecified atom stereocenters. The van der Waals surface area contributed by atoms with Crippen LogP contribution in [0, 0.1) is 6.92 Å². The summed E-state index contributed by atoms with van der Waals surface area (Å²) in [4.78, 5) is 37.3. The van der Waals surface area contributed by atoms with E-state index < -0.39 is 16.8 Å². The fourth-order valence-electron chi connectivity index (χ4n) is 7.64. The summed E-state index contributed by atoms with van der Waals surface area (Å²) in [6.45, 7) is 15.0. The van der Waals surface area contributed by atoms with Crippen molar-refractivity contribution in [3.05, 3.63) is 278 Å². The summed E-state index contributed by atoms with van der Waals surface area (Å²) < 4.78 is 22.0. The van der Waals surface area contributed by atoms with E-state index in [1.54, 1.807) is 118 Å². The standard InChI is InChI=1S/C14H12ClNOS.C14H10ClNS2.C14H12ClNS2.C14H10ClNS.C7H4Cl2O.C7H9NS.C3H6I2.2C3H7I.C3H8.CH4.O2S/c1-18-13-8-6-12(7-9-13)16-14(17)10-2-4-11(15)5-3-10;1-17-11-6-7-12-13(8-11)18-14(16-12)9-2-4-10(15)5-3-9;1-18-13-8-6-12(7-9-13)16-14(17)10-2-4-11(15)5-3-10;1-9-2-7-12-13(8-9)17-14(16-12)10-3-5-11(15)6-4-10;8-6-3-1-5(2-4-6)7(9)10;1-9-7-4-2-6(8)3-5-7;1-2-3(4)5;1-3(2)4;1-2-3-4;1-3-2;;1-3-2/h2-9H,1H3,(H,16,17);2-8H,1H3;2-9H,1H3,(H,16,17);2-8H,1H3;1-4H;2-5H,8H2,1H3;3H,2H2,1H3;3H,1-2H3;2-3H2,1H3;3H2,1-2H3;1H4;. The minimum Gasteiger partial charge on any atom is -0.399 e. The predicted molar refractivity (Wildman–Crippen MR) is 536 cm³/mol. The van der Waals surface area contributed by atoms with Gasteiger partial charge in [-0.1, -0.05) is 258 Å². The van der Waals surface area contributed by atoms with E-state index in [1.165, 1.54) is 58.2 Å². The molecule has 0 aliphatic rings. The maximum atomic E-state index is 11.9. The van der Waals surface area contributed by atoms with Gasteiger partial charge in [-0.05, 0) is 254 Å². The Morgan fingerprint density at radius 3 is 1.13 bits per heavy atom. The molecule has 0 radical (unpaired) electrons. The average molecular weight is 2200 g/mol. The van der Waals surface area contributed by atoms with Crippen molar-refractivity contribution in [1.82, 2.24) is 9.97 Å². The van der Waals surface area contributed by atoms with Gasteiger partial charge in [0.2, 0.25) is 0 Å². The molecule has 0 saturated heterocycles. The van der Waals surface area contributed by atoms with E-state index in [1.807, 2.05) is 146 Å². The Bertz CT molecular complexity index is 4470. The third-order valence-electron chi connectivity index (χ3n) is 12.9. The van der Waals surface area contributed by atoms with Crippen molar-refractivity contribution in [2.45, 2.75) is 101 Å². The molecule has 0 atom stereocenters. The van der Waals surface area contributed by atoms with Crippen molar-refractivity contribution in [2.24, 2.45) is 0 Å². The molecule has 0 bridgehead atoms. The molecule has 0 aliphatic heterocycles. The molecule has 4 N–H and O–H groups in total. The first-order chi connectivity index (χ1) is 52.1. The normalized spacial score (nSPS) is 9.74. The zero-order chi connectivity index (χ0) is 81.2. The fourth-order valence-corrected chi connectivity index (χ4v) is 12.5. The zero-order valence-corrected chi connectivity index (χ0v) is 81.3. The summed E-state index contributed by atoms with van der Waals surface area (Å²) in [5.74, 6) is -0.136. The third kappa shape index (κ3) is 45.3. The number of thioether (sulfide) groups is 4. The number of alkyl halides is 4. The lowest BCUT2D eigenvalue weighted by molar-refractivity contribution is 0.102. The number of halogens is 10. The number of benzene rings is 10. The number of rotatable bonds is 13. The number of carbonyl (C=O) groups excluding carboxylic acids is 2. The molecule has 0 saturated carbocycles. The molecule has 2 aromatic heterocycles. The van der Waals surface area contributed by atoms with Crippen LogP contribution in [0.5, 0.6) is 0 Å². The first-order valence-electron chi connectivity index (χ1n) is 33.1. The molecule has 12 rings (SSSR count). The van der Waals surface area contributed by atoms with E-state index in [2.05, 4.69) is 220 Å². The van der Waals surface area contributed by atoms with Crippen molar-refractivity contribution < 1.29 is 18.0 Å². The summed E-state index contributed by atoms with van der Waals surface area (Å²) in [5, 5.41) is 11.1. The fraction of sp³-hybridized carbons (Fsp3) is 0.217. The number of nitrogen functional groups attached to an aromatic ring is 1. The van der Waals surface area contributed by atoms with Crippen LogP contribution in [0.4, 0.5) is 17.1 Å². The Morgan fingerprint density at radius 2 is 0.791 bits per heavy atom. The highest BCUT2D eigenvalue weighted by Gasteiger charge is 2.10. The van der Waals surface area contributed by atoms with Gasteiger partial charge in [-0.3, -0.25) is 9.59 Å². The largest absolute Gasteiger partial charge is 0.399 e. The summed E-state index contributed by atoms with van der Waals surface area (Å²) >= 11 is 58.5. The highest BCUT2D eigenvalue weighted by molar-refractivity contribution is 14.2. The number of nitrogens with two attached hydrogens (primary N) is 1. The molecule has 2 heterocycles. The number of nitrogens with zero attached hydrogens (tertiary/aromatic N) is 2. The van der Waals surface area contributed by atoms with Gasteiger partial charge in [0.1, 0.15) is 15.0 Å². The number of aryl methyl sites for hydroxylation is 1. The molecule has 10 aromatic carbocycles. The highest BCUT2D eigenvalue weighted by atomic mass is 127. The van der Waals surface area contributed by atoms with Crippen molar-refractivity contribution in [3.8, 4) is 21.1 Å². The van der Waals surface area contributed by atoms with Crippen LogP contribution in [-0.4, -0.2) is 69.8 Å². The van der Waals surface area contributed by atoms with Gasteiger partial charge in [-0.2, -0.15) is 8.42 Å². The van der Waals surface area contributed by atoms with Crippen molar-refractivity contribution in [1.29, 1.82) is 0 Å². The Hall–Kier alpha value is -3.31. The molecule has 0 fully saturated rings. The van der Waals surface area contributed by atoms with E-state index in [0.29, 0.717) is 31.2 Å². The van der Waals surface area contributed by atoms with E-state index in [4.69, 9.17) is 96.0 Å². The smallest absolute Gasteiger partial charge is 0.335 e. The van der Waals surface area contributed by atoms with E-state index >= 15 is 0 Å². The average Bonchev–Trinajstić information content (AvgIpc) is 1.68. The first-order valence-corrected chi connectivity index (χ1v) is 48.3. The lowest BCUT2D eigenvalue weighted by Crippen LogP contribution is -2.11. The molecular weight excluding hydrogens is 2110 g/mol. The second-order valence-electron chi connectivity index (χ2n) is 22.1. The van der Waals surface area contributed by atoms with Gasteiger partial charge in [-0.15, -0.1) is 69.7 Å². The number of amides is 1. The van der Waals surface area contributed by atoms with Crippen LogP contribution in [0.25, 0.3) is 41.6 Å². The minimum atomic E-state index is -0.750. The second-order valence-corrected chi connectivity index (χ2v) is 39.7. The molecule has 12 aromatic rings. The SMILES string of the molecule is C.CC(C)I.CCC.CCC(I)I.CCCI.CSc1ccc(N)cc1.CSc1ccc(NC(=O)c2ccc(Cl)cc2)cc1.CSc1ccc(NC(=S)c2ccc(Cl)cc2)cc1.CSc1ccc2nc(-c3ccc(Cl)cc3)sc2c1.Cc1ccc2nc(-c3ccc(Cl)cc3)sc2c1.O=C(Cl)c1ccc(Cl)cc1.O=S=O. The second kappa shape index (κ2) is 62.0. The summed E-state index contributed by atoms with van der Waals surface area (Å²) in [7, 11) is 0. The lowest BCUT2D eigenvalue weighted by Gasteiger charge is -2.08. The first kappa shape index (κ1) is 105. The highest BCUT2D eigenvalue weighted by Crippen LogP contribution is 2.34. The number of hydrogen-bond donors (Lipinski definition) is 3. The zero-order valence-electron chi connectivity index (χ0n) is 61.6. The lowest BCUT2D eigenvalue weighted by atomic mass is 10.2. The summed E-state index contributed by atoms with van der Waals surface area (Å²) in [6, 6.07) is 72.8. The molecule has 0 spiro atoms. The van der Waals surface area contributed by atoms with Crippen LogP contribution in [0.1, 0.15) is 100 Å². The number of fused-ring (bicyclic) bond motifs is 2.